The molecule has 1 aliphatic rings. The third-order valence-corrected chi connectivity index (χ3v) is 4.81. The van der Waals surface area contributed by atoms with E-state index in [0.717, 1.165) is 29.4 Å². The van der Waals surface area contributed by atoms with Gasteiger partial charge in [-0.25, -0.2) is 4.79 Å². The second-order valence-electron chi connectivity index (χ2n) is 8.47. The van der Waals surface area contributed by atoms with Crippen LogP contribution in [0.5, 0.6) is 0 Å². The van der Waals surface area contributed by atoms with Gasteiger partial charge in [0, 0.05) is 30.7 Å². The molecule has 1 N–H and O–H groups in total. The molecule has 2 amide bonds. The Morgan fingerprint density at radius 3 is 2.79 bits per heavy atom. The highest BCUT2D eigenvalue weighted by Crippen LogP contribution is 2.21. The van der Waals surface area contributed by atoms with E-state index in [1.54, 1.807) is 4.90 Å². The minimum Gasteiger partial charge on any atom is -0.444 e. The Bertz CT molecular complexity index is 873. The highest BCUT2D eigenvalue weighted by Gasteiger charge is 2.28. The molecule has 0 radical (unpaired) electrons. The lowest BCUT2D eigenvalue weighted by molar-refractivity contribution is 0.0167. The molecular formula is C22H29N3O3. The number of pyridine rings is 1. The first kappa shape index (κ1) is 20.1. The van der Waals surface area contributed by atoms with Crippen molar-refractivity contribution in [2.24, 2.45) is 5.92 Å². The van der Waals surface area contributed by atoms with Gasteiger partial charge in [-0.3, -0.25) is 9.78 Å². The summed E-state index contributed by atoms with van der Waals surface area (Å²) in [6.07, 6.45) is 1.62. The van der Waals surface area contributed by atoms with Gasteiger partial charge in [0.1, 0.15) is 5.60 Å². The molecule has 2 heterocycles. The number of carbonyl (C=O) groups is 2. The highest BCUT2D eigenvalue weighted by molar-refractivity contribution is 6.06. The van der Waals surface area contributed by atoms with Crippen LogP contribution in [0.3, 0.4) is 0 Å². The van der Waals surface area contributed by atoms with E-state index in [-0.39, 0.29) is 17.9 Å². The maximum absolute atomic E-state index is 12.8. The molecule has 0 aliphatic carbocycles. The summed E-state index contributed by atoms with van der Waals surface area (Å²) in [5, 5.41) is 3.90. The van der Waals surface area contributed by atoms with E-state index in [1.807, 2.05) is 58.0 Å². The molecular weight excluding hydrogens is 354 g/mol. The van der Waals surface area contributed by atoms with Crippen LogP contribution in [-0.4, -0.2) is 47.1 Å². The summed E-state index contributed by atoms with van der Waals surface area (Å²) >= 11 is 0. The monoisotopic (exact) mass is 383 g/mol. The van der Waals surface area contributed by atoms with Crippen LogP contribution in [0.15, 0.2) is 30.3 Å². The van der Waals surface area contributed by atoms with Crippen molar-refractivity contribution < 1.29 is 14.3 Å². The zero-order valence-electron chi connectivity index (χ0n) is 17.1. The first-order valence-electron chi connectivity index (χ1n) is 9.85. The van der Waals surface area contributed by atoms with Crippen LogP contribution in [-0.2, 0) is 4.74 Å². The molecule has 6 heteroatoms. The van der Waals surface area contributed by atoms with Crippen LogP contribution in [0.2, 0.25) is 0 Å². The van der Waals surface area contributed by atoms with Crippen molar-refractivity contribution in [1.29, 1.82) is 0 Å². The molecule has 1 fully saturated rings. The third kappa shape index (κ3) is 5.00. The number of nitrogens with one attached hydrogen (secondary N) is 1. The number of hydrogen-bond donors (Lipinski definition) is 1. The van der Waals surface area contributed by atoms with Gasteiger partial charge in [-0.15, -0.1) is 0 Å². The quantitative estimate of drug-likeness (QED) is 0.872. The number of likely N-dealkylation sites (tertiary alicyclic amines) is 1. The Hall–Kier alpha value is -2.63. The minimum atomic E-state index is -0.501. The van der Waals surface area contributed by atoms with E-state index >= 15 is 0 Å². The first-order chi connectivity index (χ1) is 13.2. The van der Waals surface area contributed by atoms with E-state index in [9.17, 15) is 9.59 Å². The number of para-hydroxylation sites is 1. The SMILES string of the molecule is Cc1cc(C(=O)NCC2CCCN(C(=O)OC(C)(C)C)C2)c2ccccc2n1. The van der Waals surface area contributed by atoms with Gasteiger partial charge in [-0.05, 0) is 58.6 Å². The van der Waals surface area contributed by atoms with Gasteiger partial charge >= 0.3 is 6.09 Å². The third-order valence-electron chi connectivity index (χ3n) is 4.81. The highest BCUT2D eigenvalue weighted by atomic mass is 16.6. The molecule has 1 unspecified atom stereocenters. The fourth-order valence-electron chi connectivity index (χ4n) is 3.55. The molecule has 150 valence electrons. The van der Waals surface area contributed by atoms with Crippen molar-refractivity contribution in [2.75, 3.05) is 19.6 Å². The van der Waals surface area contributed by atoms with Crippen LogP contribution in [0.1, 0.15) is 49.7 Å². The van der Waals surface area contributed by atoms with Crippen LogP contribution < -0.4 is 5.32 Å². The number of hydrogen-bond acceptors (Lipinski definition) is 4. The van der Waals surface area contributed by atoms with E-state index < -0.39 is 5.60 Å². The molecule has 6 nitrogen and oxygen atoms in total. The second-order valence-corrected chi connectivity index (χ2v) is 8.47. The summed E-state index contributed by atoms with van der Waals surface area (Å²) in [5.41, 5.74) is 1.78. The van der Waals surface area contributed by atoms with Gasteiger partial charge in [-0.1, -0.05) is 18.2 Å². The summed E-state index contributed by atoms with van der Waals surface area (Å²) in [6, 6.07) is 9.49. The summed E-state index contributed by atoms with van der Waals surface area (Å²) in [6.45, 7) is 9.34. The predicted molar refractivity (Wildman–Crippen MR) is 109 cm³/mol. The molecule has 28 heavy (non-hydrogen) atoms. The molecule has 1 aliphatic heterocycles. The maximum Gasteiger partial charge on any atom is 0.410 e. The Morgan fingerprint density at radius 1 is 1.29 bits per heavy atom. The lowest BCUT2D eigenvalue weighted by atomic mass is 9.98. The minimum absolute atomic E-state index is 0.101. The van der Waals surface area contributed by atoms with Crippen LogP contribution in [0.4, 0.5) is 4.79 Å². The summed E-state index contributed by atoms with van der Waals surface area (Å²) in [5.74, 6) is 0.121. The molecule has 1 saturated heterocycles. The number of aromatic nitrogens is 1. The topological polar surface area (TPSA) is 71.5 Å². The average Bonchev–Trinajstić information content (AvgIpc) is 2.64. The number of fused-ring (bicyclic) bond motifs is 1. The standard InChI is InChI=1S/C22H29N3O3/c1-15-12-18(17-9-5-6-10-19(17)24-15)20(26)23-13-16-8-7-11-25(14-16)21(27)28-22(2,3)4/h5-6,9-10,12,16H,7-8,11,13-14H2,1-4H3,(H,23,26). The van der Waals surface area contributed by atoms with Crippen molar-refractivity contribution in [3.05, 3.63) is 41.6 Å². The molecule has 1 atom stereocenters. The number of nitrogens with zero attached hydrogens (tertiary/aromatic N) is 2. The lowest BCUT2D eigenvalue weighted by Gasteiger charge is -2.34. The van der Waals surface area contributed by atoms with Crippen LogP contribution in [0, 0.1) is 12.8 Å². The molecule has 1 aromatic carbocycles. The van der Waals surface area contributed by atoms with Crippen LogP contribution >= 0.6 is 0 Å². The fraction of sp³-hybridized carbons (Fsp3) is 0.500. The van der Waals surface area contributed by atoms with Crippen LogP contribution in [0.25, 0.3) is 10.9 Å². The van der Waals surface area contributed by atoms with Crippen molar-refractivity contribution >= 4 is 22.9 Å². The predicted octanol–water partition coefficient (Wildman–Crippen LogP) is 3.92. The Labute approximate surface area is 166 Å². The zero-order chi connectivity index (χ0) is 20.3. The summed E-state index contributed by atoms with van der Waals surface area (Å²) < 4.78 is 5.47. The molecule has 0 saturated carbocycles. The fourth-order valence-corrected chi connectivity index (χ4v) is 3.55. The number of piperidine rings is 1. The Morgan fingerprint density at radius 2 is 2.04 bits per heavy atom. The summed E-state index contributed by atoms with van der Waals surface area (Å²) in [7, 11) is 0. The maximum atomic E-state index is 12.8. The molecule has 3 rings (SSSR count). The largest absolute Gasteiger partial charge is 0.444 e. The Kier molecular flexibility index (Phi) is 5.87. The lowest BCUT2D eigenvalue weighted by Crippen LogP contribution is -2.45. The molecule has 1 aromatic heterocycles. The first-order valence-corrected chi connectivity index (χ1v) is 9.85. The van der Waals surface area contributed by atoms with Crippen molar-refractivity contribution in [3.8, 4) is 0 Å². The average molecular weight is 383 g/mol. The van der Waals surface area contributed by atoms with E-state index in [1.165, 1.54) is 0 Å². The van der Waals surface area contributed by atoms with Gasteiger partial charge in [0.25, 0.3) is 5.91 Å². The van der Waals surface area contributed by atoms with Crippen molar-refractivity contribution in [2.45, 2.75) is 46.1 Å². The van der Waals surface area contributed by atoms with E-state index in [2.05, 4.69) is 10.3 Å². The molecule has 0 spiro atoms. The molecule has 2 aromatic rings. The van der Waals surface area contributed by atoms with Gasteiger partial charge in [0.2, 0.25) is 0 Å². The van der Waals surface area contributed by atoms with E-state index in [0.29, 0.717) is 25.2 Å². The Balaban J connectivity index is 1.63. The number of rotatable bonds is 3. The van der Waals surface area contributed by atoms with Crippen molar-refractivity contribution in [3.63, 3.8) is 0 Å². The smallest absolute Gasteiger partial charge is 0.410 e. The van der Waals surface area contributed by atoms with Gasteiger partial charge < -0.3 is 15.0 Å². The number of ether oxygens (including phenoxy) is 1. The zero-order valence-corrected chi connectivity index (χ0v) is 17.1. The van der Waals surface area contributed by atoms with Gasteiger partial charge in [-0.2, -0.15) is 0 Å². The van der Waals surface area contributed by atoms with Crippen molar-refractivity contribution in [1.82, 2.24) is 15.2 Å². The number of benzene rings is 1. The number of carbonyl (C=O) groups excluding carboxylic acids is 2. The second kappa shape index (κ2) is 8.17. The molecule has 0 bridgehead atoms. The normalized spacial score (nSPS) is 17.4. The number of amides is 2. The van der Waals surface area contributed by atoms with Gasteiger partial charge in [0.05, 0.1) is 11.1 Å². The number of aryl methyl sites for hydroxylation is 1. The summed E-state index contributed by atoms with van der Waals surface area (Å²) in [4.78, 5) is 31.4. The van der Waals surface area contributed by atoms with Gasteiger partial charge in [0.15, 0.2) is 0 Å². The van der Waals surface area contributed by atoms with E-state index in [4.69, 9.17) is 4.74 Å².